The summed E-state index contributed by atoms with van der Waals surface area (Å²) in [5, 5.41) is 44.2. The van der Waals surface area contributed by atoms with Crippen LogP contribution in [0.5, 0.6) is 5.75 Å². The van der Waals surface area contributed by atoms with E-state index in [1.54, 1.807) is 19.1 Å². The maximum Gasteiger partial charge on any atom is 0.336 e. The largest absolute Gasteiger partial charge is 0.462 e. The Kier molecular flexibility index (Phi) is 4.36. The molecule has 0 aliphatic carbocycles. The summed E-state index contributed by atoms with van der Waals surface area (Å²) in [5.74, 6) is 0.234. The molecule has 2 aromatic heterocycles. The van der Waals surface area contributed by atoms with Gasteiger partial charge in [-0.05, 0) is 24.6 Å². The third kappa shape index (κ3) is 3.17. The highest BCUT2D eigenvalue weighted by molar-refractivity contribution is 5.81. The van der Waals surface area contributed by atoms with Crippen LogP contribution in [0.2, 0.25) is 0 Å². The molecule has 0 saturated carbocycles. The van der Waals surface area contributed by atoms with Crippen LogP contribution in [0.4, 0.5) is 0 Å². The van der Waals surface area contributed by atoms with Crippen LogP contribution >= 0.6 is 0 Å². The van der Waals surface area contributed by atoms with Gasteiger partial charge in [0.05, 0.1) is 0 Å². The third-order valence-electron chi connectivity index (χ3n) is 4.36. The number of nitrogens with zero attached hydrogens (tertiary/aromatic N) is 3. The van der Waals surface area contributed by atoms with Gasteiger partial charge in [-0.15, -0.1) is 10.2 Å². The number of aromatic nitrogens is 4. The summed E-state index contributed by atoms with van der Waals surface area (Å²) in [4.78, 5) is 11.6. The number of ether oxygens (including phenoxy) is 2. The number of aryl methyl sites for hydroxylation is 1. The smallest absolute Gasteiger partial charge is 0.336 e. The van der Waals surface area contributed by atoms with Crippen LogP contribution in [-0.2, 0) is 4.74 Å². The van der Waals surface area contributed by atoms with E-state index in [4.69, 9.17) is 13.9 Å². The average molecular weight is 376 g/mol. The number of fused-ring (bicyclic) bond motifs is 1. The second kappa shape index (κ2) is 6.70. The van der Waals surface area contributed by atoms with Gasteiger partial charge in [0.15, 0.2) is 6.10 Å². The molecule has 1 aliphatic rings. The van der Waals surface area contributed by atoms with E-state index in [2.05, 4.69) is 20.6 Å². The molecule has 0 spiro atoms. The molecule has 4 rings (SSSR count). The second-order valence-corrected chi connectivity index (χ2v) is 6.19. The van der Waals surface area contributed by atoms with Crippen molar-refractivity contribution in [3.05, 3.63) is 46.1 Å². The predicted octanol–water partition coefficient (Wildman–Crippen LogP) is -0.826. The number of aliphatic hydroxyl groups is 3. The van der Waals surface area contributed by atoms with Crippen molar-refractivity contribution in [3.8, 4) is 5.75 Å². The van der Waals surface area contributed by atoms with Gasteiger partial charge in [-0.25, -0.2) is 4.79 Å². The van der Waals surface area contributed by atoms with E-state index in [0.29, 0.717) is 5.58 Å². The number of aromatic amines is 1. The number of tetrazole rings is 1. The fourth-order valence-corrected chi connectivity index (χ4v) is 2.96. The molecule has 142 valence electrons. The van der Waals surface area contributed by atoms with Crippen molar-refractivity contribution in [1.29, 1.82) is 0 Å². The Labute approximate surface area is 151 Å². The van der Waals surface area contributed by atoms with Gasteiger partial charge in [-0.1, -0.05) is 5.21 Å². The van der Waals surface area contributed by atoms with E-state index in [9.17, 15) is 20.1 Å². The lowest BCUT2D eigenvalue weighted by molar-refractivity contribution is -0.276. The van der Waals surface area contributed by atoms with Gasteiger partial charge in [0.25, 0.3) is 0 Å². The fourth-order valence-electron chi connectivity index (χ4n) is 2.96. The average Bonchev–Trinajstić information content (AvgIpc) is 3.16. The normalized spacial score (nSPS) is 28.4. The molecule has 0 amide bonds. The fraction of sp³-hybridized carbons (Fsp3) is 0.375. The Hall–Kier alpha value is -2.86. The number of nitrogens with one attached hydrogen (secondary N) is 1. The highest BCUT2D eigenvalue weighted by atomic mass is 16.7. The minimum atomic E-state index is -1.56. The molecule has 11 nitrogen and oxygen atoms in total. The summed E-state index contributed by atoms with van der Waals surface area (Å²) in [6.07, 6.45) is -7.07. The Balaban J connectivity index is 1.62. The monoisotopic (exact) mass is 376 g/mol. The molecule has 0 unspecified atom stereocenters. The number of H-pyrrole nitrogens is 1. The summed E-state index contributed by atoms with van der Waals surface area (Å²) >= 11 is 0. The Morgan fingerprint density at radius 2 is 1.96 bits per heavy atom. The summed E-state index contributed by atoms with van der Waals surface area (Å²) in [5.41, 5.74) is 0.553. The van der Waals surface area contributed by atoms with Crippen molar-refractivity contribution in [2.24, 2.45) is 0 Å². The first-order chi connectivity index (χ1) is 12.9. The van der Waals surface area contributed by atoms with Crippen LogP contribution in [0.1, 0.15) is 17.5 Å². The third-order valence-corrected chi connectivity index (χ3v) is 4.36. The van der Waals surface area contributed by atoms with E-state index < -0.39 is 36.3 Å². The summed E-state index contributed by atoms with van der Waals surface area (Å²) < 4.78 is 16.3. The zero-order valence-electron chi connectivity index (χ0n) is 14.0. The minimum Gasteiger partial charge on any atom is -0.462 e. The van der Waals surface area contributed by atoms with Gasteiger partial charge in [-0.3, -0.25) is 0 Å². The van der Waals surface area contributed by atoms with Crippen LogP contribution < -0.4 is 10.4 Å². The van der Waals surface area contributed by atoms with E-state index >= 15 is 0 Å². The number of aliphatic hydroxyl groups excluding tert-OH is 3. The van der Waals surface area contributed by atoms with E-state index in [-0.39, 0.29) is 11.6 Å². The van der Waals surface area contributed by atoms with Gasteiger partial charge in [0.2, 0.25) is 12.1 Å². The van der Waals surface area contributed by atoms with Gasteiger partial charge >= 0.3 is 5.63 Å². The molecule has 1 saturated heterocycles. The van der Waals surface area contributed by atoms with Crippen LogP contribution in [0.25, 0.3) is 11.0 Å². The molecule has 5 atom stereocenters. The predicted molar refractivity (Wildman–Crippen MR) is 87.7 cm³/mol. The van der Waals surface area contributed by atoms with Gasteiger partial charge < -0.3 is 29.2 Å². The zero-order valence-corrected chi connectivity index (χ0v) is 14.0. The van der Waals surface area contributed by atoms with E-state index in [0.717, 1.165) is 10.9 Å². The van der Waals surface area contributed by atoms with Crippen LogP contribution in [0, 0.1) is 6.92 Å². The van der Waals surface area contributed by atoms with Crippen molar-refractivity contribution in [2.75, 3.05) is 0 Å². The van der Waals surface area contributed by atoms with E-state index in [1.165, 1.54) is 12.1 Å². The molecular formula is C16H16N4O7. The van der Waals surface area contributed by atoms with Crippen molar-refractivity contribution >= 4 is 11.0 Å². The lowest BCUT2D eigenvalue weighted by Gasteiger charge is -2.38. The molecule has 4 N–H and O–H groups in total. The van der Waals surface area contributed by atoms with Crippen LogP contribution in [-0.4, -0.2) is 60.5 Å². The maximum atomic E-state index is 11.6. The number of hydrogen-bond donors (Lipinski definition) is 4. The standard InChI is InChI=1S/C16H16N4O7/c1-6-4-10(21)26-9-5-7(2-3-8(6)9)25-16-13(24)11(22)12(23)14(27-16)15-17-19-20-18-15/h2-5,11-14,16,22-24H,1H3,(H,17,18,19,20)/t11-,12-,13+,14-,16+/m0/s1. The van der Waals surface area contributed by atoms with Gasteiger partial charge in [0.1, 0.15) is 29.6 Å². The highest BCUT2D eigenvalue weighted by Crippen LogP contribution is 2.32. The lowest BCUT2D eigenvalue weighted by Crippen LogP contribution is -2.56. The Bertz CT molecular complexity index is 1010. The summed E-state index contributed by atoms with van der Waals surface area (Å²) in [6.45, 7) is 1.78. The Morgan fingerprint density at radius 3 is 2.70 bits per heavy atom. The molecular weight excluding hydrogens is 360 g/mol. The molecule has 0 radical (unpaired) electrons. The minimum absolute atomic E-state index is 0.00202. The SMILES string of the molecule is Cc1cc(=O)oc2cc(O[C@@H]3O[C@H](c4nn[nH]n4)[C@@H](O)[C@H](O)[C@H]3O)ccc12. The maximum absolute atomic E-state index is 11.6. The summed E-state index contributed by atoms with van der Waals surface area (Å²) in [7, 11) is 0. The van der Waals surface area contributed by atoms with Crippen molar-refractivity contribution in [2.45, 2.75) is 37.6 Å². The topological polar surface area (TPSA) is 164 Å². The first-order valence-corrected chi connectivity index (χ1v) is 8.08. The molecule has 3 heterocycles. The van der Waals surface area contributed by atoms with Crippen molar-refractivity contribution in [1.82, 2.24) is 20.6 Å². The molecule has 3 aromatic rings. The van der Waals surface area contributed by atoms with Gasteiger partial charge in [-0.2, -0.15) is 5.21 Å². The molecule has 0 bridgehead atoms. The van der Waals surface area contributed by atoms with Crippen LogP contribution in [0.3, 0.4) is 0 Å². The molecule has 1 aliphatic heterocycles. The molecule has 1 aromatic carbocycles. The number of rotatable bonds is 3. The second-order valence-electron chi connectivity index (χ2n) is 6.19. The number of hydrogen-bond acceptors (Lipinski definition) is 10. The number of benzene rings is 1. The lowest BCUT2D eigenvalue weighted by atomic mass is 9.98. The highest BCUT2D eigenvalue weighted by Gasteiger charge is 2.47. The first kappa shape index (κ1) is 17.5. The van der Waals surface area contributed by atoms with E-state index in [1.807, 2.05) is 0 Å². The van der Waals surface area contributed by atoms with Crippen molar-refractivity contribution in [3.63, 3.8) is 0 Å². The van der Waals surface area contributed by atoms with Crippen LogP contribution in [0.15, 0.2) is 33.5 Å². The molecule has 1 fully saturated rings. The summed E-state index contributed by atoms with van der Waals surface area (Å²) in [6, 6.07) is 6.15. The molecule has 27 heavy (non-hydrogen) atoms. The van der Waals surface area contributed by atoms with Crippen molar-refractivity contribution < 1.29 is 29.2 Å². The van der Waals surface area contributed by atoms with Gasteiger partial charge in [0, 0.05) is 17.5 Å². The quantitative estimate of drug-likeness (QED) is 0.424. The Morgan fingerprint density at radius 1 is 1.15 bits per heavy atom. The zero-order chi connectivity index (χ0) is 19.1. The molecule has 11 heteroatoms. The first-order valence-electron chi connectivity index (χ1n) is 8.08.